The van der Waals surface area contributed by atoms with Gasteiger partial charge in [-0.05, 0) is 55.2 Å². The van der Waals surface area contributed by atoms with Crippen molar-refractivity contribution in [1.82, 2.24) is 4.98 Å². The van der Waals surface area contributed by atoms with Crippen molar-refractivity contribution in [3.63, 3.8) is 0 Å². The number of aryl methyl sites for hydroxylation is 2. The number of carbonyl (C=O) groups excluding carboxylic acids is 1. The fourth-order valence-corrected chi connectivity index (χ4v) is 2.39. The minimum atomic E-state index is -0.421. The van der Waals surface area contributed by atoms with Crippen molar-refractivity contribution < 1.29 is 13.9 Å². The molecule has 0 aliphatic heterocycles. The quantitative estimate of drug-likeness (QED) is 0.672. The van der Waals surface area contributed by atoms with Crippen LogP contribution in [0.4, 0.5) is 0 Å². The predicted octanol–water partition coefficient (Wildman–Crippen LogP) is 3.79. The third-order valence-corrected chi connectivity index (χ3v) is 3.48. The lowest BCUT2D eigenvalue weighted by molar-refractivity contribution is 0.0492. The molecule has 0 radical (unpaired) electrons. The van der Waals surface area contributed by atoms with Gasteiger partial charge < -0.3 is 9.15 Å². The van der Waals surface area contributed by atoms with Crippen LogP contribution in [-0.4, -0.2) is 17.6 Å². The number of benzene rings is 1. The lowest BCUT2D eigenvalue weighted by Gasteiger charge is -2.01. The van der Waals surface area contributed by atoms with Gasteiger partial charge in [0.15, 0.2) is 0 Å². The highest BCUT2D eigenvalue weighted by molar-refractivity contribution is 5.92. The van der Waals surface area contributed by atoms with E-state index in [1.807, 2.05) is 24.4 Å². The van der Waals surface area contributed by atoms with Crippen molar-refractivity contribution in [2.45, 2.75) is 19.8 Å². The highest BCUT2D eigenvalue weighted by Crippen LogP contribution is 2.22. The fourth-order valence-electron chi connectivity index (χ4n) is 2.39. The Labute approximate surface area is 128 Å². The van der Waals surface area contributed by atoms with Crippen molar-refractivity contribution in [3.8, 4) is 0 Å². The fraction of sp³-hybridized carbons (Fsp3) is 0.222. The minimum Gasteiger partial charge on any atom is -0.460 e. The average Bonchev–Trinajstić information content (AvgIpc) is 2.97. The second-order valence-corrected chi connectivity index (χ2v) is 5.06. The maximum atomic E-state index is 11.7. The largest absolute Gasteiger partial charge is 0.460 e. The number of aromatic nitrogens is 1. The van der Waals surface area contributed by atoms with Crippen LogP contribution in [0.1, 0.15) is 28.6 Å². The summed E-state index contributed by atoms with van der Waals surface area (Å²) in [5, 5.41) is 0.923. The van der Waals surface area contributed by atoms with Gasteiger partial charge in [-0.1, -0.05) is 12.1 Å². The van der Waals surface area contributed by atoms with E-state index in [0.717, 1.165) is 18.2 Å². The first kappa shape index (κ1) is 14.3. The topological polar surface area (TPSA) is 52.3 Å². The first-order valence-electron chi connectivity index (χ1n) is 7.35. The van der Waals surface area contributed by atoms with Crippen LogP contribution in [0.5, 0.6) is 0 Å². The van der Waals surface area contributed by atoms with Crippen molar-refractivity contribution in [2.75, 3.05) is 6.61 Å². The summed E-state index contributed by atoms with van der Waals surface area (Å²) in [4.78, 5) is 15.8. The Bertz CT molecular complexity index is 777. The maximum Gasteiger partial charge on any atom is 0.374 e. The van der Waals surface area contributed by atoms with Crippen molar-refractivity contribution >= 4 is 16.9 Å². The van der Waals surface area contributed by atoms with Gasteiger partial charge in [-0.15, -0.1) is 0 Å². The molecule has 2 aromatic heterocycles. The molecule has 0 N–H and O–H groups in total. The average molecular weight is 295 g/mol. The third-order valence-electron chi connectivity index (χ3n) is 3.48. The van der Waals surface area contributed by atoms with Gasteiger partial charge in [-0.2, -0.15) is 0 Å². The van der Waals surface area contributed by atoms with E-state index in [1.165, 1.54) is 11.1 Å². The molecule has 0 spiro atoms. The molecule has 3 aromatic rings. The number of furan rings is 1. The maximum absolute atomic E-state index is 11.7. The predicted molar refractivity (Wildman–Crippen MR) is 83.8 cm³/mol. The highest BCUT2D eigenvalue weighted by Gasteiger charge is 2.13. The van der Waals surface area contributed by atoms with Crippen molar-refractivity contribution in [1.29, 1.82) is 0 Å². The zero-order valence-electron chi connectivity index (χ0n) is 12.4. The van der Waals surface area contributed by atoms with Crippen LogP contribution in [-0.2, 0) is 17.6 Å². The van der Waals surface area contributed by atoms with Crippen LogP contribution in [0.3, 0.4) is 0 Å². The standard InChI is InChI=1S/C18H17NO3/c1-2-21-18(20)17-11-15-10-13(7-8-16(15)22-17)5-6-14-4-3-9-19-12-14/h3-4,7-12H,2,5-6H2,1H3. The van der Waals surface area contributed by atoms with E-state index in [-0.39, 0.29) is 5.76 Å². The molecule has 0 saturated carbocycles. The smallest absolute Gasteiger partial charge is 0.374 e. The summed E-state index contributed by atoms with van der Waals surface area (Å²) in [5.41, 5.74) is 3.11. The second kappa shape index (κ2) is 6.43. The normalized spacial score (nSPS) is 10.8. The lowest BCUT2D eigenvalue weighted by atomic mass is 10.0. The number of hydrogen-bond donors (Lipinski definition) is 0. The highest BCUT2D eigenvalue weighted by atomic mass is 16.5. The number of nitrogens with zero attached hydrogens (tertiary/aromatic N) is 1. The molecule has 2 heterocycles. The first-order chi connectivity index (χ1) is 10.8. The summed E-state index contributed by atoms with van der Waals surface area (Å²) in [5.74, 6) is -0.170. The van der Waals surface area contributed by atoms with Gasteiger partial charge in [-0.25, -0.2) is 4.79 Å². The van der Waals surface area contributed by atoms with Crippen LogP contribution < -0.4 is 0 Å². The molecule has 3 rings (SSSR count). The molecule has 112 valence electrons. The molecule has 1 aromatic carbocycles. The van der Waals surface area contributed by atoms with Crippen molar-refractivity contribution in [2.24, 2.45) is 0 Å². The number of esters is 1. The van der Waals surface area contributed by atoms with Crippen LogP contribution in [0.25, 0.3) is 11.0 Å². The van der Waals surface area contributed by atoms with E-state index in [0.29, 0.717) is 12.2 Å². The number of ether oxygens (including phenoxy) is 1. The molecular formula is C18H17NO3. The van der Waals surface area contributed by atoms with Gasteiger partial charge in [0.1, 0.15) is 5.58 Å². The van der Waals surface area contributed by atoms with Crippen molar-refractivity contribution in [3.05, 3.63) is 65.7 Å². The summed E-state index contributed by atoms with van der Waals surface area (Å²) in [7, 11) is 0. The number of carbonyl (C=O) groups is 1. The molecule has 0 bridgehead atoms. The SMILES string of the molecule is CCOC(=O)c1cc2cc(CCc3cccnc3)ccc2o1. The molecule has 0 amide bonds. The zero-order chi connectivity index (χ0) is 15.4. The second-order valence-electron chi connectivity index (χ2n) is 5.06. The molecule has 0 unspecified atom stereocenters. The van der Waals surface area contributed by atoms with E-state index in [4.69, 9.17) is 9.15 Å². The summed E-state index contributed by atoms with van der Waals surface area (Å²) >= 11 is 0. The molecule has 0 aliphatic rings. The van der Waals surface area contributed by atoms with E-state index in [9.17, 15) is 4.79 Å². The summed E-state index contributed by atoms with van der Waals surface area (Å²) < 4.78 is 10.5. The monoisotopic (exact) mass is 295 g/mol. The first-order valence-corrected chi connectivity index (χ1v) is 7.35. The molecule has 0 fully saturated rings. The van der Waals surface area contributed by atoms with E-state index < -0.39 is 5.97 Å². The van der Waals surface area contributed by atoms with E-state index in [1.54, 1.807) is 19.2 Å². The van der Waals surface area contributed by atoms with Crippen LogP contribution in [0, 0.1) is 0 Å². The summed E-state index contributed by atoms with van der Waals surface area (Å²) in [6.07, 6.45) is 5.51. The molecule has 0 aliphatic carbocycles. The molecule has 22 heavy (non-hydrogen) atoms. The van der Waals surface area contributed by atoms with Crippen LogP contribution in [0.15, 0.2) is 53.2 Å². The Hall–Kier alpha value is -2.62. The Kier molecular flexibility index (Phi) is 4.19. The third kappa shape index (κ3) is 3.17. The summed E-state index contributed by atoms with van der Waals surface area (Å²) in [6.45, 7) is 2.11. The number of pyridine rings is 1. The summed E-state index contributed by atoms with van der Waals surface area (Å²) in [6, 6.07) is 11.7. The van der Waals surface area contributed by atoms with E-state index >= 15 is 0 Å². The molecule has 0 atom stereocenters. The Balaban J connectivity index is 1.76. The number of hydrogen-bond acceptors (Lipinski definition) is 4. The van der Waals surface area contributed by atoms with Gasteiger partial charge in [-0.3, -0.25) is 4.98 Å². The Morgan fingerprint density at radius 2 is 2.05 bits per heavy atom. The number of fused-ring (bicyclic) bond motifs is 1. The van der Waals surface area contributed by atoms with E-state index in [2.05, 4.69) is 17.1 Å². The Morgan fingerprint density at radius 1 is 1.18 bits per heavy atom. The molecular weight excluding hydrogens is 278 g/mol. The van der Waals surface area contributed by atoms with Gasteiger partial charge >= 0.3 is 5.97 Å². The van der Waals surface area contributed by atoms with Gasteiger partial charge in [0.05, 0.1) is 6.61 Å². The zero-order valence-corrected chi connectivity index (χ0v) is 12.4. The van der Waals surface area contributed by atoms with Crippen LogP contribution >= 0.6 is 0 Å². The minimum absolute atomic E-state index is 0.251. The lowest BCUT2D eigenvalue weighted by Crippen LogP contribution is -2.02. The van der Waals surface area contributed by atoms with Crippen LogP contribution in [0.2, 0.25) is 0 Å². The molecule has 0 saturated heterocycles. The van der Waals surface area contributed by atoms with Gasteiger partial charge in [0, 0.05) is 17.8 Å². The Morgan fingerprint density at radius 3 is 2.82 bits per heavy atom. The van der Waals surface area contributed by atoms with Gasteiger partial charge in [0.2, 0.25) is 5.76 Å². The van der Waals surface area contributed by atoms with Gasteiger partial charge in [0.25, 0.3) is 0 Å². The number of rotatable bonds is 5. The molecule has 4 nitrogen and oxygen atoms in total. The molecule has 4 heteroatoms.